The van der Waals surface area contributed by atoms with Gasteiger partial charge in [-0.1, -0.05) is 0 Å². The number of carbonyl (C=O) groups is 1. The number of aliphatic hydroxyl groups is 2. The van der Waals surface area contributed by atoms with Gasteiger partial charge in [0.05, 0.1) is 0 Å². The number of hydrogen-bond acceptors (Lipinski definition) is 5. The first-order valence-electron chi connectivity index (χ1n) is 4.87. The summed E-state index contributed by atoms with van der Waals surface area (Å²) in [7, 11) is 0. The molecule has 17 heavy (non-hydrogen) atoms. The zero-order chi connectivity index (χ0) is 13.0. The first kappa shape index (κ1) is 13.9. The lowest BCUT2D eigenvalue weighted by Gasteiger charge is -2.18. The Morgan fingerprint density at radius 3 is 2.76 bits per heavy atom. The second-order valence-corrected chi connectivity index (χ2v) is 4.30. The maximum absolute atomic E-state index is 10.7. The van der Waals surface area contributed by atoms with Crippen molar-refractivity contribution in [1.29, 1.82) is 0 Å². The predicted molar refractivity (Wildman–Crippen MR) is 63.3 cm³/mol. The fourth-order valence-corrected chi connectivity index (χ4v) is 1.53. The molecule has 0 aliphatic carbocycles. The summed E-state index contributed by atoms with van der Waals surface area (Å²) < 4.78 is 0.427. The number of rotatable bonds is 4. The highest BCUT2D eigenvalue weighted by Gasteiger charge is 2.23. The molecule has 0 fully saturated rings. The van der Waals surface area contributed by atoms with E-state index in [-0.39, 0.29) is 23.9 Å². The number of amides is 1. The Hall–Kier alpha value is -1.18. The molecule has 4 N–H and O–H groups in total. The van der Waals surface area contributed by atoms with Crippen molar-refractivity contribution < 1.29 is 20.1 Å². The smallest absolute Gasteiger partial charge is 0.216 e. The van der Waals surface area contributed by atoms with E-state index in [2.05, 4.69) is 26.2 Å². The highest BCUT2D eigenvalue weighted by atomic mass is 79.9. The van der Waals surface area contributed by atoms with E-state index in [1.54, 1.807) is 0 Å². The summed E-state index contributed by atoms with van der Waals surface area (Å²) in [4.78, 5) is 14.5. The van der Waals surface area contributed by atoms with Crippen LogP contribution < -0.4 is 5.32 Å². The van der Waals surface area contributed by atoms with Crippen LogP contribution >= 0.6 is 15.9 Å². The fraction of sp³-hybridized carbons (Fsp3) is 0.400. The topological polar surface area (TPSA) is 103 Å². The molecular weight excluding hydrogens is 292 g/mol. The van der Waals surface area contributed by atoms with Crippen LogP contribution in [0.2, 0.25) is 0 Å². The van der Waals surface area contributed by atoms with Crippen LogP contribution in [-0.4, -0.2) is 38.9 Å². The number of halogens is 1. The molecule has 1 amide bonds. The zero-order valence-corrected chi connectivity index (χ0v) is 10.7. The SMILES string of the molecule is CC(=O)NCC(O)C(O)c1nc(Br)ccc1O. The molecule has 0 spiro atoms. The van der Waals surface area contributed by atoms with E-state index < -0.39 is 12.2 Å². The van der Waals surface area contributed by atoms with Gasteiger partial charge >= 0.3 is 0 Å². The Balaban J connectivity index is 2.77. The summed E-state index contributed by atoms with van der Waals surface area (Å²) in [5.41, 5.74) is -0.0442. The first-order valence-corrected chi connectivity index (χ1v) is 5.67. The average molecular weight is 305 g/mol. The van der Waals surface area contributed by atoms with Gasteiger partial charge < -0.3 is 20.6 Å². The Kier molecular flexibility index (Phi) is 4.86. The van der Waals surface area contributed by atoms with Crippen molar-refractivity contribution in [3.05, 3.63) is 22.4 Å². The summed E-state index contributed by atoms with van der Waals surface area (Å²) in [6, 6.07) is 2.85. The molecule has 1 heterocycles. The molecule has 2 atom stereocenters. The minimum absolute atomic E-state index is 0.0442. The maximum Gasteiger partial charge on any atom is 0.216 e. The van der Waals surface area contributed by atoms with E-state index in [4.69, 9.17) is 0 Å². The van der Waals surface area contributed by atoms with Gasteiger partial charge in [0.25, 0.3) is 0 Å². The van der Waals surface area contributed by atoms with Crippen molar-refractivity contribution in [2.75, 3.05) is 6.54 Å². The molecule has 1 aromatic rings. The lowest BCUT2D eigenvalue weighted by atomic mass is 10.1. The molecule has 0 radical (unpaired) electrons. The van der Waals surface area contributed by atoms with Crippen LogP contribution in [0, 0.1) is 0 Å². The Bertz CT molecular complexity index is 413. The predicted octanol–water partition coefficient (Wildman–Crippen LogP) is 0.0801. The van der Waals surface area contributed by atoms with Crippen molar-refractivity contribution in [2.24, 2.45) is 0 Å². The Labute approximate surface area is 106 Å². The van der Waals surface area contributed by atoms with Crippen molar-refractivity contribution >= 4 is 21.8 Å². The minimum Gasteiger partial charge on any atom is -0.506 e. The second kappa shape index (κ2) is 5.95. The number of aromatic nitrogens is 1. The molecule has 0 aliphatic heterocycles. The molecule has 1 rings (SSSR count). The van der Waals surface area contributed by atoms with Gasteiger partial charge in [0.15, 0.2) is 0 Å². The molecule has 6 nitrogen and oxygen atoms in total. The fourth-order valence-electron chi connectivity index (χ4n) is 1.20. The van der Waals surface area contributed by atoms with Crippen LogP contribution in [0.4, 0.5) is 0 Å². The van der Waals surface area contributed by atoms with Crippen LogP contribution in [0.25, 0.3) is 0 Å². The van der Waals surface area contributed by atoms with E-state index >= 15 is 0 Å². The first-order chi connectivity index (χ1) is 7.91. The lowest BCUT2D eigenvalue weighted by Crippen LogP contribution is -2.34. The average Bonchev–Trinajstić information content (AvgIpc) is 2.28. The third-order valence-electron chi connectivity index (χ3n) is 2.07. The van der Waals surface area contributed by atoms with Gasteiger partial charge in [-0.05, 0) is 28.1 Å². The number of hydrogen-bond donors (Lipinski definition) is 4. The van der Waals surface area contributed by atoms with Crippen LogP contribution in [0.1, 0.15) is 18.7 Å². The number of carbonyl (C=O) groups excluding carboxylic acids is 1. The quantitative estimate of drug-likeness (QED) is 0.590. The number of nitrogens with zero attached hydrogens (tertiary/aromatic N) is 1. The molecule has 0 saturated carbocycles. The summed E-state index contributed by atoms with van der Waals surface area (Å²) in [5, 5.41) is 31.2. The van der Waals surface area contributed by atoms with E-state index in [0.29, 0.717) is 4.60 Å². The molecule has 0 aliphatic rings. The number of aromatic hydroxyl groups is 1. The van der Waals surface area contributed by atoms with Crippen molar-refractivity contribution in [3.63, 3.8) is 0 Å². The van der Waals surface area contributed by atoms with E-state index in [0.717, 1.165) is 0 Å². The van der Waals surface area contributed by atoms with Gasteiger partial charge in [0.2, 0.25) is 5.91 Å². The van der Waals surface area contributed by atoms with Crippen LogP contribution in [0.15, 0.2) is 16.7 Å². The van der Waals surface area contributed by atoms with Crippen LogP contribution in [0.5, 0.6) is 5.75 Å². The van der Waals surface area contributed by atoms with E-state index in [1.807, 2.05) is 0 Å². The van der Waals surface area contributed by atoms with Gasteiger partial charge in [-0.15, -0.1) is 0 Å². The Morgan fingerprint density at radius 1 is 1.53 bits per heavy atom. The van der Waals surface area contributed by atoms with E-state index in [9.17, 15) is 20.1 Å². The molecule has 0 saturated heterocycles. The third kappa shape index (κ3) is 3.95. The molecule has 1 aromatic heterocycles. The van der Waals surface area contributed by atoms with Gasteiger partial charge in [0.1, 0.15) is 28.3 Å². The molecule has 0 aromatic carbocycles. The van der Waals surface area contributed by atoms with Crippen molar-refractivity contribution in [1.82, 2.24) is 10.3 Å². The minimum atomic E-state index is -1.38. The number of pyridine rings is 1. The van der Waals surface area contributed by atoms with Crippen molar-refractivity contribution in [3.8, 4) is 5.75 Å². The van der Waals surface area contributed by atoms with E-state index in [1.165, 1.54) is 19.1 Å². The summed E-state index contributed by atoms with van der Waals surface area (Å²) in [6.07, 6.45) is -2.62. The molecular formula is C10H13BrN2O4. The van der Waals surface area contributed by atoms with Crippen molar-refractivity contribution in [2.45, 2.75) is 19.1 Å². The molecule has 94 valence electrons. The monoisotopic (exact) mass is 304 g/mol. The highest BCUT2D eigenvalue weighted by Crippen LogP contribution is 2.26. The molecule has 0 bridgehead atoms. The van der Waals surface area contributed by atoms with Gasteiger partial charge in [-0.2, -0.15) is 0 Å². The molecule has 2 unspecified atom stereocenters. The van der Waals surface area contributed by atoms with Crippen LogP contribution in [-0.2, 0) is 4.79 Å². The third-order valence-corrected chi connectivity index (χ3v) is 2.51. The number of nitrogens with one attached hydrogen (secondary N) is 1. The molecule has 7 heteroatoms. The zero-order valence-electron chi connectivity index (χ0n) is 9.09. The highest BCUT2D eigenvalue weighted by molar-refractivity contribution is 9.10. The summed E-state index contributed by atoms with van der Waals surface area (Å²) in [5.74, 6) is -0.537. The lowest BCUT2D eigenvalue weighted by molar-refractivity contribution is -0.119. The Morgan fingerprint density at radius 2 is 2.18 bits per heavy atom. The van der Waals surface area contributed by atoms with Gasteiger partial charge in [-0.3, -0.25) is 4.79 Å². The largest absolute Gasteiger partial charge is 0.506 e. The number of aliphatic hydroxyl groups excluding tert-OH is 2. The normalized spacial score (nSPS) is 14.1. The summed E-state index contributed by atoms with van der Waals surface area (Å²) >= 11 is 3.09. The van der Waals surface area contributed by atoms with Gasteiger partial charge in [-0.25, -0.2) is 4.98 Å². The summed E-state index contributed by atoms with van der Waals surface area (Å²) in [6.45, 7) is 1.18. The van der Waals surface area contributed by atoms with Gasteiger partial charge in [0, 0.05) is 13.5 Å². The second-order valence-electron chi connectivity index (χ2n) is 3.49. The maximum atomic E-state index is 10.7. The standard InChI is InChI=1S/C10H13BrN2O4/c1-5(14)12-4-7(16)10(17)9-6(15)2-3-8(11)13-9/h2-3,7,10,15-17H,4H2,1H3,(H,12,14). The van der Waals surface area contributed by atoms with Crippen LogP contribution in [0.3, 0.4) is 0 Å².